The normalized spacial score (nSPS) is 12.5. The van der Waals surface area contributed by atoms with Crippen molar-refractivity contribution in [3.8, 4) is 0 Å². The first-order valence-corrected chi connectivity index (χ1v) is 7.63. The minimum Gasteiger partial charge on any atom is -0.392 e. The van der Waals surface area contributed by atoms with Gasteiger partial charge < -0.3 is 15.0 Å². The summed E-state index contributed by atoms with van der Waals surface area (Å²) in [5.74, 6) is 0.738. The average Bonchev–Trinajstić information content (AvgIpc) is 2.85. The molecule has 2 N–H and O–H groups in total. The van der Waals surface area contributed by atoms with Crippen molar-refractivity contribution in [3.63, 3.8) is 0 Å². The van der Waals surface area contributed by atoms with Crippen LogP contribution in [0.1, 0.15) is 12.5 Å². The van der Waals surface area contributed by atoms with Crippen LogP contribution in [0.3, 0.4) is 0 Å². The molecule has 0 aliphatic rings. The van der Waals surface area contributed by atoms with E-state index in [0.717, 1.165) is 27.6 Å². The summed E-state index contributed by atoms with van der Waals surface area (Å²) in [6, 6.07) is 15.8. The first kappa shape index (κ1) is 14.9. The fourth-order valence-electron chi connectivity index (χ4n) is 2.41. The number of para-hydroxylation sites is 2. The van der Waals surface area contributed by atoms with Gasteiger partial charge in [0, 0.05) is 11.6 Å². The number of hydrogen-bond acceptors (Lipinski definition) is 3. The van der Waals surface area contributed by atoms with E-state index >= 15 is 0 Å². The van der Waals surface area contributed by atoms with Crippen LogP contribution in [0.2, 0.25) is 5.02 Å². The molecule has 0 radical (unpaired) electrons. The van der Waals surface area contributed by atoms with Gasteiger partial charge >= 0.3 is 0 Å². The van der Waals surface area contributed by atoms with Gasteiger partial charge in [0.25, 0.3) is 0 Å². The highest BCUT2D eigenvalue weighted by Crippen LogP contribution is 2.24. The van der Waals surface area contributed by atoms with Crippen molar-refractivity contribution < 1.29 is 5.11 Å². The van der Waals surface area contributed by atoms with Crippen molar-refractivity contribution in [2.24, 2.45) is 0 Å². The van der Waals surface area contributed by atoms with Crippen molar-refractivity contribution >= 4 is 28.6 Å². The van der Waals surface area contributed by atoms with Crippen molar-refractivity contribution in [2.75, 3.05) is 11.9 Å². The Morgan fingerprint density at radius 3 is 2.68 bits per heavy atom. The lowest BCUT2D eigenvalue weighted by Gasteiger charge is -2.13. The fraction of sp³-hybridized carbons (Fsp3) is 0.235. The molecule has 22 heavy (non-hydrogen) atoms. The average molecular weight is 316 g/mol. The van der Waals surface area contributed by atoms with Gasteiger partial charge in [0.2, 0.25) is 5.95 Å². The van der Waals surface area contributed by atoms with E-state index in [4.69, 9.17) is 11.6 Å². The predicted molar refractivity (Wildman–Crippen MR) is 90.5 cm³/mol. The molecular weight excluding hydrogens is 298 g/mol. The Balaban J connectivity index is 2.01. The Kier molecular flexibility index (Phi) is 4.32. The second-order valence-electron chi connectivity index (χ2n) is 5.33. The second kappa shape index (κ2) is 6.38. The van der Waals surface area contributed by atoms with Crippen LogP contribution in [-0.2, 0) is 6.54 Å². The number of nitrogens with one attached hydrogen (secondary N) is 1. The Morgan fingerprint density at radius 2 is 1.91 bits per heavy atom. The van der Waals surface area contributed by atoms with Gasteiger partial charge in [0.1, 0.15) is 0 Å². The van der Waals surface area contributed by atoms with Gasteiger partial charge in [-0.1, -0.05) is 41.9 Å². The van der Waals surface area contributed by atoms with Gasteiger partial charge in [0.15, 0.2) is 0 Å². The van der Waals surface area contributed by atoms with Crippen LogP contribution in [0, 0.1) is 0 Å². The molecule has 0 saturated heterocycles. The molecule has 2 aromatic carbocycles. The molecule has 1 heterocycles. The number of aliphatic hydroxyl groups excluding tert-OH is 1. The number of nitrogens with zero attached hydrogens (tertiary/aromatic N) is 2. The zero-order valence-corrected chi connectivity index (χ0v) is 13.1. The lowest BCUT2D eigenvalue weighted by molar-refractivity contribution is 0.208. The topological polar surface area (TPSA) is 50.1 Å². The molecule has 114 valence electrons. The minimum absolute atomic E-state index is 0.437. The Hall–Kier alpha value is -2.04. The number of aromatic nitrogens is 2. The van der Waals surface area contributed by atoms with Crippen LogP contribution in [0.25, 0.3) is 11.0 Å². The molecule has 5 heteroatoms. The standard InChI is InChI=1S/C17H18ClN3O/c1-12(22)10-19-17-20-15-8-4-5-9-16(15)21(17)11-13-6-2-3-7-14(13)18/h2-9,12,22H,10-11H2,1H3,(H,19,20). The number of aliphatic hydroxyl groups is 1. The molecule has 1 aromatic heterocycles. The predicted octanol–water partition coefficient (Wildman–Crippen LogP) is 3.53. The van der Waals surface area contributed by atoms with Crippen LogP contribution in [0.15, 0.2) is 48.5 Å². The molecule has 0 saturated carbocycles. The third-order valence-corrected chi connectivity index (χ3v) is 3.87. The van der Waals surface area contributed by atoms with Crippen LogP contribution < -0.4 is 5.32 Å². The molecule has 1 atom stereocenters. The molecule has 3 rings (SSSR count). The number of halogens is 1. The summed E-state index contributed by atoms with van der Waals surface area (Å²) in [5, 5.41) is 13.4. The minimum atomic E-state index is -0.437. The van der Waals surface area contributed by atoms with E-state index in [1.807, 2.05) is 48.5 Å². The van der Waals surface area contributed by atoms with Crippen molar-refractivity contribution in [1.82, 2.24) is 9.55 Å². The second-order valence-corrected chi connectivity index (χ2v) is 5.74. The lowest BCUT2D eigenvalue weighted by Crippen LogP contribution is -2.18. The summed E-state index contributed by atoms with van der Waals surface area (Å²) >= 11 is 6.28. The molecule has 4 nitrogen and oxygen atoms in total. The van der Waals surface area contributed by atoms with Crippen molar-refractivity contribution in [1.29, 1.82) is 0 Å². The molecule has 0 bridgehead atoms. The van der Waals surface area contributed by atoms with Crippen LogP contribution >= 0.6 is 11.6 Å². The molecule has 0 amide bonds. The van der Waals surface area contributed by atoms with E-state index in [-0.39, 0.29) is 0 Å². The van der Waals surface area contributed by atoms with Crippen LogP contribution in [-0.4, -0.2) is 27.3 Å². The first-order chi connectivity index (χ1) is 10.6. The maximum Gasteiger partial charge on any atom is 0.204 e. The molecule has 3 aromatic rings. The van der Waals surface area contributed by atoms with Crippen LogP contribution in [0.4, 0.5) is 5.95 Å². The Labute approximate surface area is 134 Å². The number of benzene rings is 2. The third kappa shape index (κ3) is 3.08. The summed E-state index contributed by atoms with van der Waals surface area (Å²) in [6.07, 6.45) is -0.437. The summed E-state index contributed by atoms with van der Waals surface area (Å²) in [7, 11) is 0. The largest absolute Gasteiger partial charge is 0.392 e. The zero-order chi connectivity index (χ0) is 15.5. The summed E-state index contributed by atoms with van der Waals surface area (Å²) < 4.78 is 2.08. The highest BCUT2D eigenvalue weighted by atomic mass is 35.5. The van der Waals surface area contributed by atoms with Crippen molar-refractivity contribution in [2.45, 2.75) is 19.6 Å². The van der Waals surface area contributed by atoms with Gasteiger partial charge in [-0.2, -0.15) is 0 Å². The summed E-state index contributed by atoms with van der Waals surface area (Å²) in [4.78, 5) is 4.61. The maximum absolute atomic E-state index is 9.49. The maximum atomic E-state index is 9.49. The zero-order valence-electron chi connectivity index (χ0n) is 12.3. The van der Waals surface area contributed by atoms with Crippen molar-refractivity contribution in [3.05, 3.63) is 59.1 Å². The number of fused-ring (bicyclic) bond motifs is 1. The fourth-order valence-corrected chi connectivity index (χ4v) is 2.60. The van der Waals surface area contributed by atoms with Gasteiger partial charge in [-0.15, -0.1) is 0 Å². The number of imidazole rings is 1. The molecule has 0 aliphatic carbocycles. The monoisotopic (exact) mass is 315 g/mol. The number of anilines is 1. The summed E-state index contributed by atoms with van der Waals surface area (Å²) in [5.41, 5.74) is 2.99. The van der Waals surface area contributed by atoms with Gasteiger partial charge in [0.05, 0.1) is 23.7 Å². The van der Waals surface area contributed by atoms with Gasteiger partial charge in [-0.05, 0) is 30.7 Å². The number of hydrogen-bond donors (Lipinski definition) is 2. The lowest BCUT2D eigenvalue weighted by atomic mass is 10.2. The summed E-state index contributed by atoms with van der Waals surface area (Å²) in [6.45, 7) is 2.82. The highest BCUT2D eigenvalue weighted by molar-refractivity contribution is 6.31. The van der Waals surface area contributed by atoms with E-state index in [1.165, 1.54) is 0 Å². The number of rotatable bonds is 5. The molecule has 0 fully saturated rings. The van der Waals surface area contributed by atoms with E-state index in [9.17, 15) is 5.11 Å². The quantitative estimate of drug-likeness (QED) is 0.757. The molecule has 0 spiro atoms. The SMILES string of the molecule is CC(O)CNc1nc2ccccc2n1Cc1ccccc1Cl. The first-order valence-electron chi connectivity index (χ1n) is 7.26. The Morgan fingerprint density at radius 1 is 1.18 bits per heavy atom. The van der Waals surface area contributed by atoms with Gasteiger partial charge in [-0.3, -0.25) is 0 Å². The van der Waals surface area contributed by atoms with E-state index in [1.54, 1.807) is 6.92 Å². The molecule has 1 unspecified atom stereocenters. The van der Waals surface area contributed by atoms with Gasteiger partial charge in [-0.25, -0.2) is 4.98 Å². The highest BCUT2D eigenvalue weighted by Gasteiger charge is 2.12. The van der Waals surface area contributed by atoms with E-state index in [2.05, 4.69) is 14.9 Å². The van der Waals surface area contributed by atoms with E-state index < -0.39 is 6.10 Å². The smallest absolute Gasteiger partial charge is 0.204 e. The Bertz CT molecular complexity index is 782. The third-order valence-electron chi connectivity index (χ3n) is 3.50. The van der Waals surface area contributed by atoms with E-state index in [0.29, 0.717) is 13.1 Å². The molecular formula is C17H18ClN3O. The van der Waals surface area contributed by atoms with Crippen LogP contribution in [0.5, 0.6) is 0 Å². The molecule has 0 aliphatic heterocycles.